The molecule has 2 heterocycles. The molecule has 1 aliphatic heterocycles. The first-order valence-corrected chi connectivity index (χ1v) is 9.26. The zero-order chi connectivity index (χ0) is 17.2. The molecule has 0 radical (unpaired) electrons. The lowest BCUT2D eigenvalue weighted by Crippen LogP contribution is -2.48. The van der Waals surface area contributed by atoms with Gasteiger partial charge in [0.05, 0.1) is 7.11 Å². The van der Waals surface area contributed by atoms with Gasteiger partial charge in [-0.25, -0.2) is 8.42 Å². The summed E-state index contributed by atoms with van der Waals surface area (Å²) in [5.74, 6) is 0.386. The number of methoxy groups -OCH3 is 1. The molecule has 1 saturated heterocycles. The normalized spacial score (nSPS) is 16.2. The van der Waals surface area contributed by atoms with Crippen LogP contribution >= 0.6 is 0 Å². The largest absolute Gasteiger partial charge is 0.495 e. The summed E-state index contributed by atoms with van der Waals surface area (Å²) in [7, 11) is -2.07. The second-order valence-corrected chi connectivity index (χ2v) is 7.66. The summed E-state index contributed by atoms with van der Waals surface area (Å²) in [5.41, 5.74) is 1.96. The zero-order valence-corrected chi connectivity index (χ0v) is 14.7. The zero-order valence-electron chi connectivity index (χ0n) is 13.8. The van der Waals surface area contributed by atoms with Crippen LogP contribution in [0.15, 0.2) is 47.6 Å². The van der Waals surface area contributed by atoms with Crippen LogP contribution in [0, 0.1) is 6.92 Å². The van der Waals surface area contributed by atoms with E-state index in [1.165, 1.54) is 11.4 Å². The predicted molar refractivity (Wildman–Crippen MR) is 92.9 cm³/mol. The van der Waals surface area contributed by atoms with Crippen molar-refractivity contribution in [3.8, 4) is 5.75 Å². The van der Waals surface area contributed by atoms with Crippen LogP contribution in [0.5, 0.6) is 5.75 Å². The molecular weight excluding hydrogens is 326 g/mol. The lowest BCUT2D eigenvalue weighted by molar-refractivity contribution is 0.374. The van der Waals surface area contributed by atoms with E-state index in [0.717, 1.165) is 11.3 Å². The predicted octanol–water partition coefficient (Wildman–Crippen LogP) is 1.91. The second kappa shape index (κ2) is 6.78. The Morgan fingerprint density at radius 2 is 1.71 bits per heavy atom. The minimum Gasteiger partial charge on any atom is -0.495 e. The lowest BCUT2D eigenvalue weighted by Gasteiger charge is -2.35. The van der Waals surface area contributed by atoms with E-state index in [4.69, 9.17) is 4.74 Å². The molecule has 0 aliphatic carbocycles. The highest BCUT2D eigenvalue weighted by molar-refractivity contribution is 7.89. The molecule has 6 nitrogen and oxygen atoms in total. The number of aryl methyl sites for hydroxylation is 1. The van der Waals surface area contributed by atoms with Crippen LogP contribution in [0.3, 0.4) is 0 Å². The Labute approximate surface area is 142 Å². The summed E-state index contributed by atoms with van der Waals surface area (Å²) < 4.78 is 32.7. The van der Waals surface area contributed by atoms with E-state index >= 15 is 0 Å². The van der Waals surface area contributed by atoms with Crippen molar-refractivity contribution < 1.29 is 13.2 Å². The van der Waals surface area contributed by atoms with E-state index in [1.807, 2.05) is 25.1 Å². The fraction of sp³-hybridized carbons (Fsp3) is 0.353. The quantitative estimate of drug-likeness (QED) is 0.845. The van der Waals surface area contributed by atoms with E-state index in [0.29, 0.717) is 31.9 Å². The Morgan fingerprint density at radius 1 is 1.04 bits per heavy atom. The van der Waals surface area contributed by atoms with Crippen molar-refractivity contribution >= 4 is 15.7 Å². The number of piperazine rings is 1. The smallest absolute Gasteiger partial charge is 0.246 e. The van der Waals surface area contributed by atoms with Gasteiger partial charge in [-0.3, -0.25) is 4.98 Å². The van der Waals surface area contributed by atoms with Crippen molar-refractivity contribution in [2.75, 3.05) is 38.2 Å². The first kappa shape index (κ1) is 16.7. The Morgan fingerprint density at radius 3 is 2.33 bits per heavy atom. The number of hydrogen-bond acceptors (Lipinski definition) is 5. The molecule has 0 bridgehead atoms. The minimum atomic E-state index is -3.56. The van der Waals surface area contributed by atoms with Crippen molar-refractivity contribution in [1.29, 1.82) is 0 Å². The number of ether oxygens (including phenoxy) is 1. The van der Waals surface area contributed by atoms with E-state index in [2.05, 4.69) is 9.88 Å². The fourth-order valence-corrected chi connectivity index (χ4v) is 4.53. The van der Waals surface area contributed by atoms with Gasteiger partial charge in [-0.05, 0) is 36.8 Å². The molecule has 1 aromatic heterocycles. The number of sulfonamides is 1. The van der Waals surface area contributed by atoms with Gasteiger partial charge >= 0.3 is 0 Å². The maximum atomic E-state index is 13.0. The molecule has 3 rings (SSSR count). The van der Waals surface area contributed by atoms with Crippen molar-refractivity contribution in [3.05, 3.63) is 48.3 Å². The first-order valence-electron chi connectivity index (χ1n) is 7.82. The number of rotatable bonds is 4. The third kappa shape index (κ3) is 3.22. The topological polar surface area (TPSA) is 62.7 Å². The fourth-order valence-electron chi connectivity index (χ4n) is 2.87. The van der Waals surface area contributed by atoms with Gasteiger partial charge in [0.15, 0.2) is 0 Å². The highest BCUT2D eigenvalue weighted by atomic mass is 32.2. The average molecular weight is 347 g/mol. The molecule has 128 valence electrons. The molecule has 0 saturated carbocycles. The molecule has 0 spiro atoms. The molecule has 0 unspecified atom stereocenters. The summed E-state index contributed by atoms with van der Waals surface area (Å²) in [6.07, 6.45) is 3.49. The number of aromatic nitrogens is 1. The van der Waals surface area contributed by atoms with Crippen molar-refractivity contribution in [1.82, 2.24) is 9.29 Å². The van der Waals surface area contributed by atoms with Gasteiger partial charge in [-0.1, -0.05) is 6.07 Å². The Kier molecular flexibility index (Phi) is 4.73. The molecule has 0 N–H and O–H groups in total. The average Bonchev–Trinajstić information content (AvgIpc) is 2.62. The van der Waals surface area contributed by atoms with Crippen molar-refractivity contribution in [3.63, 3.8) is 0 Å². The molecule has 1 aliphatic rings. The summed E-state index contributed by atoms with van der Waals surface area (Å²) in [6.45, 7) is 4.07. The van der Waals surface area contributed by atoms with Gasteiger partial charge in [0.25, 0.3) is 0 Å². The number of hydrogen-bond donors (Lipinski definition) is 0. The number of anilines is 1. The number of benzene rings is 1. The molecule has 1 aromatic carbocycles. The van der Waals surface area contributed by atoms with Gasteiger partial charge in [-0.15, -0.1) is 0 Å². The minimum absolute atomic E-state index is 0.238. The maximum absolute atomic E-state index is 13.0. The summed E-state index contributed by atoms with van der Waals surface area (Å²) in [4.78, 5) is 6.42. The van der Waals surface area contributed by atoms with Gasteiger partial charge < -0.3 is 9.64 Å². The summed E-state index contributed by atoms with van der Waals surface area (Å²) in [5, 5.41) is 0. The molecule has 7 heteroatoms. The Balaban J connectivity index is 1.79. The van der Waals surface area contributed by atoms with Crippen molar-refractivity contribution in [2.24, 2.45) is 0 Å². The highest BCUT2D eigenvalue weighted by Gasteiger charge is 2.31. The number of nitrogens with zero attached hydrogens (tertiary/aromatic N) is 3. The SMILES string of the molecule is COc1ccc(C)cc1S(=O)(=O)N1CCN(c2ccncc2)CC1. The molecule has 1 fully saturated rings. The molecule has 24 heavy (non-hydrogen) atoms. The summed E-state index contributed by atoms with van der Waals surface area (Å²) in [6, 6.07) is 9.10. The van der Waals surface area contributed by atoms with E-state index in [9.17, 15) is 8.42 Å². The third-order valence-electron chi connectivity index (χ3n) is 4.20. The standard InChI is InChI=1S/C17H21N3O3S/c1-14-3-4-16(23-2)17(13-14)24(21,22)20-11-9-19(10-12-20)15-5-7-18-8-6-15/h3-8,13H,9-12H2,1-2H3. The van der Waals surface area contributed by atoms with Crippen LogP contribution in [0.2, 0.25) is 0 Å². The van der Waals surface area contributed by atoms with Crippen LogP contribution in [-0.2, 0) is 10.0 Å². The van der Waals surface area contributed by atoms with Crippen LogP contribution in [0.25, 0.3) is 0 Å². The monoisotopic (exact) mass is 347 g/mol. The van der Waals surface area contributed by atoms with Crippen LogP contribution in [-0.4, -0.2) is 51.0 Å². The van der Waals surface area contributed by atoms with Gasteiger partial charge in [0.1, 0.15) is 10.6 Å². The first-order chi connectivity index (χ1) is 11.5. The lowest BCUT2D eigenvalue weighted by atomic mass is 10.2. The van der Waals surface area contributed by atoms with Gasteiger partial charge in [-0.2, -0.15) is 4.31 Å². The van der Waals surface area contributed by atoms with Crippen LogP contribution < -0.4 is 9.64 Å². The second-order valence-electron chi connectivity index (χ2n) is 5.75. The van der Waals surface area contributed by atoms with E-state index in [-0.39, 0.29) is 4.90 Å². The Hall–Kier alpha value is -2.12. The molecule has 0 amide bonds. The van der Waals surface area contributed by atoms with E-state index < -0.39 is 10.0 Å². The van der Waals surface area contributed by atoms with Crippen LogP contribution in [0.1, 0.15) is 5.56 Å². The Bertz CT molecular complexity index is 801. The molecule has 0 atom stereocenters. The molecule has 2 aromatic rings. The molecular formula is C17H21N3O3S. The third-order valence-corrected chi connectivity index (χ3v) is 6.12. The highest BCUT2D eigenvalue weighted by Crippen LogP contribution is 2.28. The maximum Gasteiger partial charge on any atom is 0.246 e. The summed E-state index contributed by atoms with van der Waals surface area (Å²) >= 11 is 0. The van der Waals surface area contributed by atoms with Gasteiger partial charge in [0.2, 0.25) is 10.0 Å². The van der Waals surface area contributed by atoms with E-state index in [1.54, 1.807) is 24.5 Å². The van der Waals surface area contributed by atoms with Crippen LogP contribution in [0.4, 0.5) is 5.69 Å². The number of pyridine rings is 1. The van der Waals surface area contributed by atoms with Crippen molar-refractivity contribution in [2.45, 2.75) is 11.8 Å². The van der Waals surface area contributed by atoms with Gasteiger partial charge in [0, 0.05) is 44.3 Å².